The second kappa shape index (κ2) is 8.12. The van der Waals surface area contributed by atoms with Crippen molar-refractivity contribution >= 4 is 5.91 Å². The molecule has 1 aliphatic rings. The van der Waals surface area contributed by atoms with E-state index in [0.29, 0.717) is 13.0 Å². The van der Waals surface area contributed by atoms with Crippen LogP contribution in [0.4, 0.5) is 4.39 Å². The number of hydrogen-bond donors (Lipinski definition) is 1. The normalized spacial score (nSPS) is 17.1. The fourth-order valence-electron chi connectivity index (χ4n) is 3.05. The summed E-state index contributed by atoms with van der Waals surface area (Å²) in [5, 5.41) is 3.45. The summed E-state index contributed by atoms with van der Waals surface area (Å²) in [6.07, 6.45) is 1.27. The molecule has 2 aromatic rings. The van der Waals surface area contributed by atoms with Gasteiger partial charge in [0.05, 0.1) is 7.11 Å². The van der Waals surface area contributed by atoms with Gasteiger partial charge in [-0.25, -0.2) is 4.39 Å². The first-order valence-electron chi connectivity index (χ1n) is 8.52. The fraction of sp³-hybridized carbons (Fsp3) is 0.350. The van der Waals surface area contributed by atoms with Gasteiger partial charge in [0.2, 0.25) is 5.91 Å². The van der Waals surface area contributed by atoms with Crippen LogP contribution in [0.2, 0.25) is 0 Å². The second-order valence-corrected chi connectivity index (χ2v) is 6.35. The molecule has 1 heterocycles. The van der Waals surface area contributed by atoms with Crippen molar-refractivity contribution in [1.29, 1.82) is 0 Å². The molecule has 1 fully saturated rings. The average molecular weight is 342 g/mol. The number of halogens is 1. The SMILES string of the molecule is COc1ccc(CNC2CC(=O)N(CCc3ccc(F)cc3)C2)cc1. The summed E-state index contributed by atoms with van der Waals surface area (Å²) in [4.78, 5) is 14.0. The van der Waals surface area contributed by atoms with Gasteiger partial charge in [-0.2, -0.15) is 0 Å². The molecule has 1 amide bonds. The Kier molecular flexibility index (Phi) is 5.66. The summed E-state index contributed by atoms with van der Waals surface area (Å²) in [7, 11) is 1.65. The molecule has 1 unspecified atom stereocenters. The summed E-state index contributed by atoms with van der Waals surface area (Å²) in [6.45, 7) is 2.12. The van der Waals surface area contributed by atoms with Crippen LogP contribution in [-0.4, -0.2) is 37.0 Å². The van der Waals surface area contributed by atoms with Gasteiger partial charge in [-0.15, -0.1) is 0 Å². The smallest absolute Gasteiger partial charge is 0.224 e. The lowest BCUT2D eigenvalue weighted by atomic mass is 10.1. The minimum absolute atomic E-state index is 0.169. The lowest BCUT2D eigenvalue weighted by molar-refractivity contribution is -0.127. The molecule has 5 heteroatoms. The van der Waals surface area contributed by atoms with Gasteiger partial charge in [0.25, 0.3) is 0 Å². The molecule has 3 rings (SSSR count). The van der Waals surface area contributed by atoms with E-state index in [1.54, 1.807) is 19.2 Å². The molecule has 0 bridgehead atoms. The predicted octanol–water partition coefficient (Wildman–Crippen LogP) is 2.77. The number of amides is 1. The number of carbonyl (C=O) groups is 1. The lowest BCUT2D eigenvalue weighted by Crippen LogP contribution is -2.33. The second-order valence-electron chi connectivity index (χ2n) is 6.35. The fourth-order valence-corrected chi connectivity index (χ4v) is 3.05. The van der Waals surface area contributed by atoms with Crippen LogP contribution in [-0.2, 0) is 17.8 Å². The zero-order chi connectivity index (χ0) is 17.6. The zero-order valence-corrected chi connectivity index (χ0v) is 14.4. The number of carbonyl (C=O) groups excluding carboxylic acids is 1. The number of likely N-dealkylation sites (tertiary alicyclic amines) is 1. The Morgan fingerprint density at radius 3 is 2.48 bits per heavy atom. The van der Waals surface area contributed by atoms with E-state index in [4.69, 9.17) is 4.74 Å². The van der Waals surface area contributed by atoms with Gasteiger partial charge in [0.1, 0.15) is 11.6 Å². The molecule has 1 N–H and O–H groups in total. The third-order valence-corrected chi connectivity index (χ3v) is 4.55. The Hall–Kier alpha value is -2.40. The van der Waals surface area contributed by atoms with Crippen LogP contribution in [0.5, 0.6) is 5.75 Å². The van der Waals surface area contributed by atoms with Crippen LogP contribution in [0.1, 0.15) is 17.5 Å². The van der Waals surface area contributed by atoms with Crippen molar-refractivity contribution in [3.8, 4) is 5.75 Å². The molecule has 0 spiro atoms. The number of nitrogens with one attached hydrogen (secondary N) is 1. The topological polar surface area (TPSA) is 41.6 Å². The largest absolute Gasteiger partial charge is 0.497 e. The van der Waals surface area contributed by atoms with Crippen LogP contribution >= 0.6 is 0 Å². The van der Waals surface area contributed by atoms with Gasteiger partial charge in [-0.3, -0.25) is 4.79 Å². The van der Waals surface area contributed by atoms with E-state index >= 15 is 0 Å². The quantitative estimate of drug-likeness (QED) is 0.841. The number of nitrogens with zero attached hydrogens (tertiary/aromatic N) is 1. The van der Waals surface area contributed by atoms with Crippen molar-refractivity contribution in [1.82, 2.24) is 10.2 Å². The maximum absolute atomic E-state index is 12.9. The molecule has 25 heavy (non-hydrogen) atoms. The average Bonchev–Trinajstić information content (AvgIpc) is 3.00. The van der Waals surface area contributed by atoms with Gasteiger partial charge in [-0.1, -0.05) is 24.3 Å². The minimum atomic E-state index is -0.233. The molecular formula is C20H23FN2O2. The van der Waals surface area contributed by atoms with Crippen molar-refractivity contribution in [3.63, 3.8) is 0 Å². The molecule has 0 radical (unpaired) electrons. The van der Waals surface area contributed by atoms with E-state index in [9.17, 15) is 9.18 Å². The molecule has 1 atom stereocenters. The van der Waals surface area contributed by atoms with Crippen LogP contribution in [0.15, 0.2) is 48.5 Å². The Labute approximate surface area is 147 Å². The van der Waals surface area contributed by atoms with Crippen LogP contribution in [0.3, 0.4) is 0 Å². The highest BCUT2D eigenvalue weighted by molar-refractivity contribution is 5.79. The van der Waals surface area contributed by atoms with Crippen LogP contribution in [0.25, 0.3) is 0 Å². The van der Waals surface area contributed by atoms with Crippen molar-refractivity contribution in [2.45, 2.75) is 25.4 Å². The summed E-state index contributed by atoms with van der Waals surface area (Å²) in [5.74, 6) is 0.782. The Balaban J connectivity index is 1.45. The summed E-state index contributed by atoms with van der Waals surface area (Å²) < 4.78 is 18.1. The Bertz CT molecular complexity index is 701. The van der Waals surface area contributed by atoms with Gasteiger partial charge in [0, 0.05) is 32.1 Å². The van der Waals surface area contributed by atoms with Crippen LogP contribution in [0, 0.1) is 5.82 Å². The molecule has 4 nitrogen and oxygen atoms in total. The summed E-state index contributed by atoms with van der Waals surface area (Å²) in [5.41, 5.74) is 2.21. The molecule has 132 valence electrons. The number of ether oxygens (including phenoxy) is 1. The zero-order valence-electron chi connectivity index (χ0n) is 14.4. The van der Waals surface area contributed by atoms with Crippen molar-refractivity contribution in [2.24, 2.45) is 0 Å². The molecule has 1 aliphatic heterocycles. The van der Waals surface area contributed by atoms with Gasteiger partial charge in [0.15, 0.2) is 0 Å². The van der Waals surface area contributed by atoms with E-state index in [-0.39, 0.29) is 17.8 Å². The maximum Gasteiger partial charge on any atom is 0.224 e. The van der Waals surface area contributed by atoms with E-state index in [2.05, 4.69) is 5.32 Å². The first kappa shape index (κ1) is 17.4. The van der Waals surface area contributed by atoms with Crippen molar-refractivity contribution in [2.75, 3.05) is 20.2 Å². The third kappa shape index (κ3) is 4.79. The van der Waals surface area contributed by atoms with Crippen LogP contribution < -0.4 is 10.1 Å². The number of methoxy groups -OCH3 is 1. The minimum Gasteiger partial charge on any atom is -0.497 e. The molecule has 0 aromatic heterocycles. The number of rotatable bonds is 7. The third-order valence-electron chi connectivity index (χ3n) is 4.55. The highest BCUT2D eigenvalue weighted by Crippen LogP contribution is 2.15. The first-order valence-corrected chi connectivity index (χ1v) is 8.52. The van der Waals surface area contributed by atoms with Gasteiger partial charge >= 0.3 is 0 Å². The van der Waals surface area contributed by atoms with E-state index in [1.165, 1.54) is 12.1 Å². The number of benzene rings is 2. The Morgan fingerprint density at radius 2 is 1.80 bits per heavy atom. The molecule has 0 aliphatic carbocycles. The van der Waals surface area contributed by atoms with Gasteiger partial charge in [-0.05, 0) is 41.8 Å². The van der Waals surface area contributed by atoms with Crippen molar-refractivity contribution < 1.29 is 13.9 Å². The van der Waals surface area contributed by atoms with Crippen molar-refractivity contribution in [3.05, 3.63) is 65.5 Å². The standard InChI is InChI=1S/C20H23FN2O2/c1-25-19-8-4-16(5-9-19)13-22-18-12-20(24)23(14-18)11-10-15-2-6-17(21)7-3-15/h2-9,18,22H,10-14H2,1H3. The molecule has 2 aromatic carbocycles. The van der Waals surface area contributed by atoms with Gasteiger partial charge < -0.3 is 15.0 Å². The molecular weight excluding hydrogens is 319 g/mol. The highest BCUT2D eigenvalue weighted by Gasteiger charge is 2.28. The summed E-state index contributed by atoms with van der Waals surface area (Å²) in [6, 6.07) is 14.6. The predicted molar refractivity (Wildman–Crippen MR) is 94.9 cm³/mol. The lowest BCUT2D eigenvalue weighted by Gasteiger charge is -2.17. The highest BCUT2D eigenvalue weighted by atomic mass is 19.1. The summed E-state index contributed by atoms with van der Waals surface area (Å²) >= 11 is 0. The Morgan fingerprint density at radius 1 is 1.12 bits per heavy atom. The maximum atomic E-state index is 12.9. The van der Waals surface area contributed by atoms with E-state index in [1.807, 2.05) is 29.2 Å². The van der Waals surface area contributed by atoms with E-state index in [0.717, 1.165) is 36.4 Å². The van der Waals surface area contributed by atoms with E-state index < -0.39 is 0 Å². The molecule has 0 saturated carbocycles. The first-order chi connectivity index (χ1) is 12.1. The monoisotopic (exact) mass is 342 g/mol. The number of hydrogen-bond acceptors (Lipinski definition) is 3. The molecule has 1 saturated heterocycles.